The molecule has 4 rings (SSSR count). The average molecular weight is 422 g/mol. The van der Waals surface area contributed by atoms with Gasteiger partial charge in [-0.3, -0.25) is 14.1 Å². The van der Waals surface area contributed by atoms with Crippen LogP contribution in [0.5, 0.6) is 0 Å². The van der Waals surface area contributed by atoms with Crippen LogP contribution in [0.3, 0.4) is 0 Å². The first-order valence-electron chi connectivity index (χ1n) is 7.61. The number of alkyl halides is 3. The van der Waals surface area contributed by atoms with Crippen LogP contribution in [0.15, 0.2) is 57.9 Å². The molecule has 0 aliphatic heterocycles. The van der Waals surface area contributed by atoms with Gasteiger partial charge >= 0.3 is 11.9 Å². The third-order valence-corrected chi connectivity index (χ3v) is 4.77. The molecule has 0 aliphatic carbocycles. The molecule has 4 nitrogen and oxygen atoms in total. The molecule has 0 unspecified atom stereocenters. The third kappa shape index (κ3) is 2.52. The Morgan fingerprint density at radius 3 is 2.62 bits per heavy atom. The Bertz CT molecular complexity index is 1220. The van der Waals surface area contributed by atoms with Crippen molar-refractivity contribution in [2.45, 2.75) is 6.18 Å². The van der Waals surface area contributed by atoms with Crippen molar-refractivity contribution < 1.29 is 13.2 Å². The van der Waals surface area contributed by atoms with Crippen LogP contribution in [0.2, 0.25) is 0 Å². The largest absolute Gasteiger partial charge is 0.416 e. The summed E-state index contributed by atoms with van der Waals surface area (Å²) in [5, 5.41) is 0.673. The van der Waals surface area contributed by atoms with Crippen molar-refractivity contribution in [3.8, 4) is 5.69 Å². The van der Waals surface area contributed by atoms with Crippen LogP contribution in [-0.4, -0.2) is 14.1 Å². The first-order valence-corrected chi connectivity index (χ1v) is 8.40. The molecule has 132 valence electrons. The van der Waals surface area contributed by atoms with Gasteiger partial charge in [-0.25, -0.2) is 4.79 Å². The Hall–Kier alpha value is -2.61. The molecule has 0 aliphatic rings. The van der Waals surface area contributed by atoms with E-state index in [1.54, 1.807) is 25.4 Å². The maximum atomic E-state index is 13.1. The van der Waals surface area contributed by atoms with E-state index in [4.69, 9.17) is 0 Å². The van der Waals surface area contributed by atoms with Crippen LogP contribution in [0.1, 0.15) is 5.56 Å². The molecule has 4 aromatic rings. The maximum absolute atomic E-state index is 13.1. The van der Waals surface area contributed by atoms with Gasteiger partial charge in [-0.15, -0.1) is 0 Å². The summed E-state index contributed by atoms with van der Waals surface area (Å²) in [4.78, 5) is 17.1. The Balaban J connectivity index is 2.15. The summed E-state index contributed by atoms with van der Waals surface area (Å²) < 4.78 is 42.8. The minimum atomic E-state index is -4.49. The zero-order valence-electron chi connectivity index (χ0n) is 13.4. The van der Waals surface area contributed by atoms with Crippen molar-refractivity contribution in [3.63, 3.8) is 0 Å². The van der Waals surface area contributed by atoms with Crippen molar-refractivity contribution in [2.24, 2.45) is 7.05 Å². The normalized spacial score (nSPS) is 12.2. The van der Waals surface area contributed by atoms with Crippen LogP contribution in [0.25, 0.3) is 27.6 Å². The topological polar surface area (TPSA) is 39.8 Å². The number of aromatic nitrogens is 3. The zero-order valence-corrected chi connectivity index (χ0v) is 15.0. The minimum Gasteiger partial charge on any atom is -0.293 e. The van der Waals surface area contributed by atoms with E-state index in [1.165, 1.54) is 21.3 Å². The van der Waals surface area contributed by atoms with Crippen molar-refractivity contribution in [1.82, 2.24) is 14.1 Å². The number of halogens is 4. The minimum absolute atomic E-state index is 0.155. The number of hydrogen-bond donors (Lipinski definition) is 0. The Labute approximate surface area is 153 Å². The molecule has 2 aromatic carbocycles. The first-order chi connectivity index (χ1) is 12.3. The number of pyridine rings is 1. The number of imidazole rings is 1. The quantitative estimate of drug-likeness (QED) is 0.448. The van der Waals surface area contributed by atoms with Crippen molar-refractivity contribution in [1.29, 1.82) is 0 Å². The Morgan fingerprint density at radius 2 is 1.88 bits per heavy atom. The summed E-state index contributed by atoms with van der Waals surface area (Å²) in [5.74, 6) is 0. The van der Waals surface area contributed by atoms with E-state index in [1.807, 2.05) is 6.07 Å². The van der Waals surface area contributed by atoms with Gasteiger partial charge in [0.15, 0.2) is 0 Å². The lowest BCUT2D eigenvalue weighted by molar-refractivity contribution is -0.137. The fourth-order valence-electron chi connectivity index (χ4n) is 3.03. The third-order valence-electron chi connectivity index (χ3n) is 4.28. The molecule has 0 saturated carbocycles. The van der Waals surface area contributed by atoms with Gasteiger partial charge in [0.25, 0.3) is 0 Å². The summed E-state index contributed by atoms with van der Waals surface area (Å²) in [7, 11) is 1.57. The van der Waals surface area contributed by atoms with Gasteiger partial charge in [-0.1, -0.05) is 22.0 Å². The summed E-state index contributed by atoms with van der Waals surface area (Å²) in [6, 6.07) is 10.1. The molecule has 0 bridgehead atoms. The monoisotopic (exact) mass is 421 g/mol. The fourth-order valence-corrected chi connectivity index (χ4v) is 3.39. The number of fused-ring (bicyclic) bond motifs is 3. The smallest absolute Gasteiger partial charge is 0.293 e. The second kappa shape index (κ2) is 5.70. The highest BCUT2D eigenvalue weighted by Crippen LogP contribution is 2.32. The number of rotatable bonds is 1. The van der Waals surface area contributed by atoms with Crippen LogP contribution in [0, 0.1) is 0 Å². The molecular weight excluding hydrogens is 411 g/mol. The molecule has 8 heteroatoms. The number of hydrogen-bond acceptors (Lipinski definition) is 2. The second-order valence-corrected chi connectivity index (χ2v) is 6.79. The number of nitrogens with zero attached hydrogens (tertiary/aromatic N) is 3. The molecule has 0 atom stereocenters. The average Bonchev–Trinajstić information content (AvgIpc) is 2.86. The Kier molecular flexibility index (Phi) is 3.69. The molecule has 0 spiro atoms. The standard InChI is InChI=1S/C18H11BrF3N3O/c1-24-15-9-23-14-6-5-11(19)8-13(14)16(15)25(17(24)26)12-4-2-3-10(7-12)18(20,21)22/h2-9H,1H3. The second-order valence-electron chi connectivity index (χ2n) is 5.88. The fraction of sp³-hybridized carbons (Fsp3) is 0.111. The van der Waals surface area contributed by atoms with Gasteiger partial charge in [0.2, 0.25) is 0 Å². The lowest BCUT2D eigenvalue weighted by Crippen LogP contribution is -2.21. The molecule has 0 N–H and O–H groups in total. The lowest BCUT2D eigenvalue weighted by Gasteiger charge is -2.10. The van der Waals surface area contributed by atoms with Gasteiger partial charge in [-0.05, 0) is 36.4 Å². The van der Waals surface area contributed by atoms with Crippen LogP contribution < -0.4 is 5.69 Å². The van der Waals surface area contributed by atoms with E-state index in [0.717, 1.165) is 16.6 Å². The SMILES string of the molecule is Cn1c(=O)n(-c2cccc(C(F)(F)F)c2)c2c3cc(Br)ccc3ncc21. The van der Waals surface area contributed by atoms with Gasteiger partial charge < -0.3 is 0 Å². The van der Waals surface area contributed by atoms with E-state index in [0.29, 0.717) is 21.9 Å². The van der Waals surface area contributed by atoms with E-state index in [9.17, 15) is 18.0 Å². The first kappa shape index (κ1) is 16.8. The summed E-state index contributed by atoms with van der Waals surface area (Å²) in [6.45, 7) is 0. The van der Waals surface area contributed by atoms with Gasteiger partial charge in [0.1, 0.15) is 0 Å². The Morgan fingerprint density at radius 1 is 1.12 bits per heavy atom. The van der Waals surface area contributed by atoms with E-state index < -0.39 is 17.4 Å². The van der Waals surface area contributed by atoms with E-state index in [2.05, 4.69) is 20.9 Å². The molecule has 0 fully saturated rings. The van der Waals surface area contributed by atoms with Crippen molar-refractivity contribution >= 4 is 37.9 Å². The van der Waals surface area contributed by atoms with Gasteiger partial charge in [0.05, 0.1) is 34.0 Å². The molecule has 0 saturated heterocycles. The summed E-state index contributed by atoms with van der Waals surface area (Å²) in [6.07, 6.45) is -2.94. The molecule has 2 aromatic heterocycles. The summed E-state index contributed by atoms with van der Waals surface area (Å²) >= 11 is 3.39. The molecule has 0 amide bonds. The van der Waals surface area contributed by atoms with Crippen LogP contribution in [-0.2, 0) is 13.2 Å². The lowest BCUT2D eigenvalue weighted by atomic mass is 10.1. The van der Waals surface area contributed by atoms with E-state index >= 15 is 0 Å². The highest BCUT2D eigenvalue weighted by atomic mass is 79.9. The molecule has 0 radical (unpaired) electrons. The van der Waals surface area contributed by atoms with Gasteiger partial charge in [-0.2, -0.15) is 13.2 Å². The number of aryl methyl sites for hydroxylation is 1. The highest BCUT2D eigenvalue weighted by Gasteiger charge is 2.31. The van der Waals surface area contributed by atoms with Crippen molar-refractivity contribution in [3.05, 3.63) is 69.2 Å². The van der Waals surface area contributed by atoms with E-state index in [-0.39, 0.29) is 5.69 Å². The van der Waals surface area contributed by atoms with Gasteiger partial charge in [0, 0.05) is 16.9 Å². The van der Waals surface area contributed by atoms with Crippen LogP contribution in [0.4, 0.5) is 13.2 Å². The highest BCUT2D eigenvalue weighted by molar-refractivity contribution is 9.10. The maximum Gasteiger partial charge on any atom is 0.416 e. The molecule has 26 heavy (non-hydrogen) atoms. The molecular formula is C18H11BrF3N3O. The van der Waals surface area contributed by atoms with Crippen molar-refractivity contribution in [2.75, 3.05) is 0 Å². The predicted octanol–water partition coefficient (Wildman–Crippen LogP) is 4.66. The number of benzene rings is 2. The predicted molar refractivity (Wildman–Crippen MR) is 96.5 cm³/mol. The summed E-state index contributed by atoms with van der Waals surface area (Å²) in [5.41, 5.74) is 0.614. The zero-order chi connectivity index (χ0) is 18.6. The van der Waals surface area contributed by atoms with Crippen LogP contribution >= 0.6 is 15.9 Å². The molecule has 2 heterocycles.